The Kier molecular flexibility index (Phi) is 4.57. The Hall–Kier alpha value is -3.11. The fourth-order valence-electron chi connectivity index (χ4n) is 4.39. The summed E-state index contributed by atoms with van der Waals surface area (Å²) in [5.74, 6) is 0.699. The van der Waals surface area contributed by atoms with Gasteiger partial charge in [0, 0.05) is 48.0 Å². The van der Waals surface area contributed by atoms with Gasteiger partial charge in [-0.2, -0.15) is 0 Å². The summed E-state index contributed by atoms with van der Waals surface area (Å²) >= 11 is 0. The number of carbonyl (C=O) groups is 1. The number of aromatic hydroxyl groups is 1. The third kappa shape index (κ3) is 3.30. The van der Waals surface area contributed by atoms with Crippen molar-refractivity contribution in [2.24, 2.45) is 5.92 Å². The van der Waals surface area contributed by atoms with E-state index in [1.165, 1.54) is 0 Å². The Morgan fingerprint density at radius 2 is 1.76 bits per heavy atom. The molecule has 4 nitrogen and oxygen atoms in total. The lowest BCUT2D eigenvalue weighted by Gasteiger charge is -2.22. The number of ketones is 1. The van der Waals surface area contributed by atoms with Crippen LogP contribution in [0.15, 0.2) is 66.9 Å². The van der Waals surface area contributed by atoms with Gasteiger partial charge in [-0.3, -0.25) is 4.79 Å². The number of rotatable bonds is 4. The van der Waals surface area contributed by atoms with Gasteiger partial charge in [0.2, 0.25) is 0 Å². The highest BCUT2D eigenvalue weighted by Crippen LogP contribution is 2.31. The molecule has 1 saturated heterocycles. The molecule has 3 aromatic carbocycles. The van der Waals surface area contributed by atoms with Crippen molar-refractivity contribution in [1.29, 1.82) is 0 Å². The molecule has 0 bridgehead atoms. The number of phenolic OH excluding ortho intramolecular Hbond substituents is 1. The van der Waals surface area contributed by atoms with Crippen molar-refractivity contribution >= 4 is 27.5 Å². The summed E-state index contributed by atoms with van der Waals surface area (Å²) in [5.41, 5.74) is 2.31. The van der Waals surface area contributed by atoms with Crippen LogP contribution in [0.5, 0.6) is 5.75 Å². The van der Waals surface area contributed by atoms with Crippen molar-refractivity contribution in [1.82, 2.24) is 4.57 Å². The first-order chi connectivity index (χ1) is 14.2. The summed E-state index contributed by atoms with van der Waals surface area (Å²) in [6.07, 6.45) is 4.03. The molecule has 0 spiro atoms. The highest BCUT2D eigenvalue weighted by atomic mass is 16.5. The Morgan fingerprint density at radius 3 is 2.62 bits per heavy atom. The van der Waals surface area contributed by atoms with E-state index in [1.54, 1.807) is 12.1 Å². The molecule has 4 aromatic rings. The molecule has 0 aliphatic carbocycles. The van der Waals surface area contributed by atoms with Crippen molar-refractivity contribution in [3.05, 3.63) is 78.0 Å². The van der Waals surface area contributed by atoms with Crippen molar-refractivity contribution in [3.8, 4) is 5.75 Å². The maximum absolute atomic E-state index is 13.6. The maximum atomic E-state index is 13.6. The van der Waals surface area contributed by atoms with Gasteiger partial charge in [0.1, 0.15) is 5.75 Å². The van der Waals surface area contributed by atoms with Crippen LogP contribution in [-0.4, -0.2) is 28.7 Å². The number of nitrogens with zero attached hydrogens (tertiary/aromatic N) is 1. The summed E-state index contributed by atoms with van der Waals surface area (Å²) < 4.78 is 7.66. The van der Waals surface area contributed by atoms with Gasteiger partial charge in [0.15, 0.2) is 5.78 Å². The number of carbonyl (C=O) groups excluding carboxylic acids is 1. The molecule has 5 rings (SSSR count). The normalized spacial score (nSPS) is 15.2. The summed E-state index contributed by atoms with van der Waals surface area (Å²) in [6.45, 7) is 2.45. The van der Waals surface area contributed by atoms with Gasteiger partial charge in [0.05, 0.1) is 0 Å². The van der Waals surface area contributed by atoms with E-state index in [0.29, 0.717) is 17.0 Å². The van der Waals surface area contributed by atoms with Crippen molar-refractivity contribution in [2.45, 2.75) is 19.4 Å². The van der Waals surface area contributed by atoms with E-state index in [4.69, 9.17) is 4.74 Å². The van der Waals surface area contributed by atoms with Crippen LogP contribution in [0.25, 0.3) is 21.7 Å². The van der Waals surface area contributed by atoms with Gasteiger partial charge >= 0.3 is 0 Å². The topological polar surface area (TPSA) is 51.5 Å². The third-order valence-corrected chi connectivity index (χ3v) is 5.94. The zero-order chi connectivity index (χ0) is 19.8. The monoisotopic (exact) mass is 385 g/mol. The molecule has 2 heterocycles. The molecular weight excluding hydrogens is 362 g/mol. The number of aromatic nitrogens is 1. The van der Waals surface area contributed by atoms with E-state index in [-0.39, 0.29) is 11.5 Å². The molecule has 0 amide bonds. The first-order valence-corrected chi connectivity index (χ1v) is 10.1. The summed E-state index contributed by atoms with van der Waals surface area (Å²) in [4.78, 5) is 13.6. The van der Waals surface area contributed by atoms with E-state index < -0.39 is 0 Å². The molecule has 1 fully saturated rings. The van der Waals surface area contributed by atoms with E-state index in [0.717, 1.165) is 54.3 Å². The predicted molar refractivity (Wildman–Crippen MR) is 115 cm³/mol. The standard InChI is InChI=1S/C25H23NO3/c27-19-8-9-24-22(14-19)23(16-26(24)15-17-10-12-29-13-11-17)25(28)21-7-3-5-18-4-1-2-6-20(18)21/h1-9,14,16-17,27H,10-13,15H2. The molecule has 0 radical (unpaired) electrons. The second-order valence-electron chi connectivity index (χ2n) is 7.81. The molecule has 29 heavy (non-hydrogen) atoms. The molecule has 4 heteroatoms. The summed E-state index contributed by atoms with van der Waals surface area (Å²) in [7, 11) is 0. The smallest absolute Gasteiger partial charge is 0.195 e. The Balaban J connectivity index is 1.62. The van der Waals surface area contributed by atoms with Gasteiger partial charge in [-0.05, 0) is 47.7 Å². The lowest BCUT2D eigenvalue weighted by atomic mass is 9.97. The van der Waals surface area contributed by atoms with E-state index >= 15 is 0 Å². The van der Waals surface area contributed by atoms with Crippen LogP contribution in [0.3, 0.4) is 0 Å². The van der Waals surface area contributed by atoms with E-state index in [9.17, 15) is 9.90 Å². The number of phenols is 1. The van der Waals surface area contributed by atoms with Crippen molar-refractivity contribution in [2.75, 3.05) is 13.2 Å². The average Bonchev–Trinajstić information content (AvgIpc) is 3.11. The van der Waals surface area contributed by atoms with Crippen LogP contribution in [0.4, 0.5) is 0 Å². The lowest BCUT2D eigenvalue weighted by molar-refractivity contribution is 0.0616. The van der Waals surface area contributed by atoms with Crippen LogP contribution in [0, 0.1) is 5.92 Å². The molecule has 1 N–H and O–H groups in total. The number of hydrogen-bond donors (Lipinski definition) is 1. The number of fused-ring (bicyclic) bond motifs is 2. The van der Waals surface area contributed by atoms with Crippen LogP contribution in [0.1, 0.15) is 28.8 Å². The molecule has 1 aromatic heterocycles. The van der Waals surface area contributed by atoms with Gasteiger partial charge in [-0.15, -0.1) is 0 Å². The second-order valence-corrected chi connectivity index (χ2v) is 7.81. The zero-order valence-electron chi connectivity index (χ0n) is 16.2. The highest BCUT2D eigenvalue weighted by Gasteiger charge is 2.21. The molecule has 0 saturated carbocycles. The predicted octanol–water partition coefficient (Wildman–Crippen LogP) is 5.16. The van der Waals surface area contributed by atoms with Crippen molar-refractivity contribution in [3.63, 3.8) is 0 Å². The third-order valence-electron chi connectivity index (χ3n) is 5.94. The van der Waals surface area contributed by atoms with E-state index in [2.05, 4.69) is 4.57 Å². The molecule has 1 aliphatic heterocycles. The highest BCUT2D eigenvalue weighted by molar-refractivity contribution is 6.21. The first kappa shape index (κ1) is 18.0. The van der Waals surface area contributed by atoms with Gasteiger partial charge < -0.3 is 14.4 Å². The SMILES string of the molecule is O=C(c1cccc2ccccc12)c1cn(CC2CCOCC2)c2ccc(O)cc12. The second kappa shape index (κ2) is 7.37. The zero-order valence-corrected chi connectivity index (χ0v) is 16.2. The van der Waals surface area contributed by atoms with Crippen LogP contribution in [0.2, 0.25) is 0 Å². The molecule has 0 unspecified atom stereocenters. The largest absolute Gasteiger partial charge is 0.508 e. The van der Waals surface area contributed by atoms with Crippen LogP contribution < -0.4 is 0 Å². The quantitative estimate of drug-likeness (QED) is 0.494. The molecular formula is C25H23NO3. The Bertz CT molecular complexity index is 1200. The Morgan fingerprint density at radius 1 is 0.966 bits per heavy atom. The van der Waals surface area contributed by atoms with Crippen LogP contribution >= 0.6 is 0 Å². The molecule has 146 valence electrons. The summed E-state index contributed by atoms with van der Waals surface area (Å²) in [5, 5.41) is 12.9. The average molecular weight is 385 g/mol. The van der Waals surface area contributed by atoms with Crippen LogP contribution in [-0.2, 0) is 11.3 Å². The van der Waals surface area contributed by atoms with Gasteiger partial charge in [-0.1, -0.05) is 42.5 Å². The van der Waals surface area contributed by atoms with Gasteiger partial charge in [0.25, 0.3) is 0 Å². The van der Waals surface area contributed by atoms with E-state index in [1.807, 2.05) is 54.7 Å². The number of ether oxygens (including phenoxy) is 1. The summed E-state index contributed by atoms with van der Waals surface area (Å²) in [6, 6.07) is 19.1. The fourth-order valence-corrected chi connectivity index (χ4v) is 4.39. The lowest BCUT2D eigenvalue weighted by Crippen LogP contribution is -2.20. The van der Waals surface area contributed by atoms with Gasteiger partial charge in [-0.25, -0.2) is 0 Å². The molecule has 1 aliphatic rings. The minimum absolute atomic E-state index is 0.0110. The Labute approximate surface area is 169 Å². The van der Waals surface area contributed by atoms with Crippen molar-refractivity contribution < 1.29 is 14.6 Å². The minimum Gasteiger partial charge on any atom is -0.508 e. The first-order valence-electron chi connectivity index (χ1n) is 10.1. The maximum Gasteiger partial charge on any atom is 0.195 e. The number of hydrogen-bond acceptors (Lipinski definition) is 3. The fraction of sp³-hybridized carbons (Fsp3) is 0.240. The minimum atomic E-state index is -0.0110. The number of benzene rings is 3. The molecule has 0 atom stereocenters.